The quantitative estimate of drug-likeness (QED) is 0.883. The Kier molecular flexibility index (Phi) is 3.34. The summed E-state index contributed by atoms with van der Waals surface area (Å²) in [6.45, 7) is 2.03. The Morgan fingerprint density at radius 2 is 1.58 bits per heavy atom. The average Bonchev–Trinajstić information content (AvgIpc) is 2.81. The maximum Gasteiger partial charge on any atom is 0.127 e. The molecule has 0 saturated heterocycles. The van der Waals surface area contributed by atoms with Crippen LogP contribution in [-0.4, -0.2) is 6.04 Å². The van der Waals surface area contributed by atoms with Gasteiger partial charge in [-0.3, -0.25) is 0 Å². The first-order valence-corrected chi connectivity index (χ1v) is 6.81. The van der Waals surface area contributed by atoms with Gasteiger partial charge in [0, 0.05) is 17.6 Å². The lowest BCUT2D eigenvalue weighted by Gasteiger charge is -2.20. The van der Waals surface area contributed by atoms with E-state index in [1.807, 2.05) is 19.1 Å². The van der Waals surface area contributed by atoms with Crippen LogP contribution in [0.25, 0.3) is 0 Å². The van der Waals surface area contributed by atoms with Gasteiger partial charge in [-0.05, 0) is 37.0 Å². The van der Waals surface area contributed by atoms with E-state index in [4.69, 9.17) is 0 Å². The predicted octanol–water partition coefficient (Wildman–Crippen LogP) is 3.64. The van der Waals surface area contributed by atoms with Crippen molar-refractivity contribution >= 4 is 0 Å². The SMILES string of the molecule is CC(NC1Cc2ccccc2C1)c1ccccc1F. The molecule has 0 radical (unpaired) electrons. The number of nitrogens with one attached hydrogen (secondary N) is 1. The van der Waals surface area contributed by atoms with Crippen molar-refractivity contribution in [2.75, 3.05) is 0 Å². The van der Waals surface area contributed by atoms with Crippen molar-refractivity contribution in [3.8, 4) is 0 Å². The van der Waals surface area contributed by atoms with Gasteiger partial charge >= 0.3 is 0 Å². The summed E-state index contributed by atoms with van der Waals surface area (Å²) in [6.07, 6.45) is 2.07. The van der Waals surface area contributed by atoms with E-state index in [0.717, 1.165) is 18.4 Å². The molecule has 1 aliphatic carbocycles. The summed E-state index contributed by atoms with van der Waals surface area (Å²) in [5, 5.41) is 3.54. The highest BCUT2D eigenvalue weighted by Gasteiger charge is 2.23. The van der Waals surface area contributed by atoms with Gasteiger partial charge in [-0.1, -0.05) is 42.5 Å². The van der Waals surface area contributed by atoms with E-state index >= 15 is 0 Å². The largest absolute Gasteiger partial charge is 0.307 e. The van der Waals surface area contributed by atoms with Crippen LogP contribution >= 0.6 is 0 Å². The minimum Gasteiger partial charge on any atom is -0.307 e. The van der Waals surface area contributed by atoms with E-state index in [-0.39, 0.29) is 11.9 Å². The molecule has 1 unspecified atom stereocenters. The van der Waals surface area contributed by atoms with Crippen molar-refractivity contribution in [3.63, 3.8) is 0 Å². The number of hydrogen-bond acceptors (Lipinski definition) is 1. The summed E-state index contributed by atoms with van der Waals surface area (Å²) in [4.78, 5) is 0. The van der Waals surface area contributed by atoms with Crippen LogP contribution < -0.4 is 5.32 Å². The lowest BCUT2D eigenvalue weighted by atomic mass is 10.1. The molecule has 1 N–H and O–H groups in total. The molecule has 19 heavy (non-hydrogen) atoms. The van der Waals surface area contributed by atoms with E-state index in [2.05, 4.69) is 29.6 Å². The van der Waals surface area contributed by atoms with Gasteiger partial charge in [-0.25, -0.2) is 4.39 Å². The third-order valence-electron chi connectivity index (χ3n) is 3.91. The molecule has 0 amide bonds. The first-order valence-electron chi connectivity index (χ1n) is 6.81. The highest BCUT2D eigenvalue weighted by Crippen LogP contribution is 2.24. The van der Waals surface area contributed by atoms with Crippen LogP contribution in [0.5, 0.6) is 0 Å². The fraction of sp³-hybridized carbons (Fsp3) is 0.294. The molecule has 98 valence electrons. The molecule has 0 heterocycles. The Hall–Kier alpha value is -1.67. The maximum absolute atomic E-state index is 13.7. The fourth-order valence-corrected chi connectivity index (χ4v) is 2.95. The Morgan fingerprint density at radius 1 is 1.00 bits per heavy atom. The molecule has 0 spiro atoms. The fourth-order valence-electron chi connectivity index (χ4n) is 2.95. The molecular weight excluding hydrogens is 237 g/mol. The topological polar surface area (TPSA) is 12.0 Å². The number of rotatable bonds is 3. The summed E-state index contributed by atoms with van der Waals surface area (Å²) < 4.78 is 13.7. The van der Waals surface area contributed by atoms with Crippen molar-refractivity contribution in [1.29, 1.82) is 0 Å². The maximum atomic E-state index is 13.7. The summed E-state index contributed by atoms with van der Waals surface area (Å²) >= 11 is 0. The molecule has 1 nitrogen and oxygen atoms in total. The Morgan fingerprint density at radius 3 is 2.21 bits per heavy atom. The molecule has 0 aromatic heterocycles. The van der Waals surface area contributed by atoms with Gasteiger partial charge in [0.1, 0.15) is 5.82 Å². The Bertz CT molecular complexity index is 554. The second-order valence-electron chi connectivity index (χ2n) is 5.28. The van der Waals surface area contributed by atoms with Crippen LogP contribution in [0, 0.1) is 5.82 Å². The first-order chi connectivity index (χ1) is 9.24. The summed E-state index contributed by atoms with van der Waals surface area (Å²) in [5.41, 5.74) is 3.58. The Balaban J connectivity index is 1.69. The van der Waals surface area contributed by atoms with Gasteiger partial charge in [0.05, 0.1) is 0 Å². The molecule has 2 aromatic rings. The standard InChI is InChI=1S/C17H18FN/c1-12(16-8-4-5-9-17(16)18)19-15-10-13-6-2-3-7-14(13)11-15/h2-9,12,15,19H,10-11H2,1H3. The van der Waals surface area contributed by atoms with Crippen LogP contribution in [0.1, 0.15) is 29.7 Å². The normalized spacial score (nSPS) is 16.3. The van der Waals surface area contributed by atoms with Gasteiger partial charge in [0.15, 0.2) is 0 Å². The van der Waals surface area contributed by atoms with E-state index < -0.39 is 0 Å². The van der Waals surface area contributed by atoms with Crippen molar-refractivity contribution in [3.05, 3.63) is 71.0 Å². The number of hydrogen-bond donors (Lipinski definition) is 1. The van der Waals surface area contributed by atoms with E-state index in [0.29, 0.717) is 6.04 Å². The molecule has 1 aliphatic rings. The molecule has 2 aromatic carbocycles. The van der Waals surface area contributed by atoms with Crippen molar-refractivity contribution in [2.24, 2.45) is 0 Å². The molecule has 0 fully saturated rings. The van der Waals surface area contributed by atoms with Crippen molar-refractivity contribution in [1.82, 2.24) is 5.32 Å². The third kappa shape index (κ3) is 2.54. The van der Waals surface area contributed by atoms with E-state index in [9.17, 15) is 4.39 Å². The number of benzene rings is 2. The zero-order valence-electron chi connectivity index (χ0n) is 11.1. The lowest BCUT2D eigenvalue weighted by Crippen LogP contribution is -2.32. The summed E-state index contributed by atoms with van der Waals surface area (Å²) in [7, 11) is 0. The molecule has 0 bridgehead atoms. The predicted molar refractivity (Wildman–Crippen MR) is 75.6 cm³/mol. The van der Waals surface area contributed by atoms with Crippen molar-refractivity contribution < 1.29 is 4.39 Å². The average molecular weight is 255 g/mol. The van der Waals surface area contributed by atoms with Crippen molar-refractivity contribution in [2.45, 2.75) is 31.8 Å². The molecular formula is C17H18FN. The lowest BCUT2D eigenvalue weighted by molar-refractivity contribution is 0.452. The van der Waals surface area contributed by atoms with Gasteiger partial charge < -0.3 is 5.32 Å². The van der Waals surface area contributed by atoms with Crippen LogP contribution in [0.3, 0.4) is 0 Å². The minimum absolute atomic E-state index is 0.0421. The summed E-state index contributed by atoms with van der Waals surface area (Å²) in [5.74, 6) is -0.127. The minimum atomic E-state index is -0.127. The number of fused-ring (bicyclic) bond motifs is 1. The van der Waals surface area contributed by atoms with Gasteiger partial charge in [0.2, 0.25) is 0 Å². The molecule has 1 atom stereocenters. The zero-order valence-corrected chi connectivity index (χ0v) is 11.1. The highest BCUT2D eigenvalue weighted by atomic mass is 19.1. The van der Waals surface area contributed by atoms with Crippen LogP contribution in [0.15, 0.2) is 48.5 Å². The monoisotopic (exact) mass is 255 g/mol. The second-order valence-corrected chi connectivity index (χ2v) is 5.28. The second kappa shape index (κ2) is 5.14. The molecule has 3 rings (SSSR count). The van der Waals surface area contributed by atoms with E-state index in [1.54, 1.807) is 6.07 Å². The van der Waals surface area contributed by atoms with Gasteiger partial charge in [0.25, 0.3) is 0 Å². The highest BCUT2D eigenvalue weighted by molar-refractivity contribution is 5.33. The summed E-state index contributed by atoms with van der Waals surface area (Å²) in [6, 6.07) is 16.0. The third-order valence-corrected chi connectivity index (χ3v) is 3.91. The Labute approximate surface area is 113 Å². The van der Waals surface area contributed by atoms with Gasteiger partial charge in [-0.15, -0.1) is 0 Å². The first kappa shape index (κ1) is 12.4. The van der Waals surface area contributed by atoms with Crippen LogP contribution in [-0.2, 0) is 12.8 Å². The molecule has 0 saturated carbocycles. The van der Waals surface area contributed by atoms with Crippen LogP contribution in [0.4, 0.5) is 4.39 Å². The van der Waals surface area contributed by atoms with Gasteiger partial charge in [-0.2, -0.15) is 0 Å². The van der Waals surface area contributed by atoms with Crippen LogP contribution in [0.2, 0.25) is 0 Å². The smallest absolute Gasteiger partial charge is 0.127 e. The van der Waals surface area contributed by atoms with E-state index in [1.165, 1.54) is 17.2 Å². The zero-order chi connectivity index (χ0) is 13.2. The number of halogens is 1. The molecule has 0 aliphatic heterocycles. The molecule has 2 heteroatoms.